The van der Waals surface area contributed by atoms with Crippen LogP contribution < -0.4 is 16.0 Å². The molecular formula is C40H53N9S2. The zero-order chi connectivity index (χ0) is 35.8. The van der Waals surface area contributed by atoms with E-state index in [0.717, 1.165) is 64.0 Å². The van der Waals surface area contributed by atoms with Crippen LogP contribution >= 0.6 is 23.5 Å². The van der Waals surface area contributed by atoms with E-state index in [1.807, 2.05) is 61.2 Å². The van der Waals surface area contributed by atoms with Crippen molar-refractivity contribution in [2.45, 2.75) is 59.9 Å². The van der Waals surface area contributed by atoms with Crippen LogP contribution in [-0.2, 0) is 12.2 Å². The molecule has 0 radical (unpaired) electrons. The normalized spacial score (nSPS) is 15.4. The third kappa shape index (κ3) is 11.6. The molecule has 7 rings (SSSR count). The van der Waals surface area contributed by atoms with Gasteiger partial charge in [0.05, 0.1) is 0 Å². The highest BCUT2D eigenvalue weighted by atomic mass is 32.2. The van der Waals surface area contributed by atoms with Crippen molar-refractivity contribution < 1.29 is 0 Å². The smallest absolute Gasteiger partial charge is 0.196 e. The van der Waals surface area contributed by atoms with Gasteiger partial charge in [0.1, 0.15) is 11.6 Å². The lowest BCUT2D eigenvalue weighted by Gasteiger charge is -2.42. The molecule has 270 valence electrons. The molecule has 5 aromatic rings. The zero-order valence-corrected chi connectivity index (χ0v) is 32.1. The lowest BCUT2D eigenvalue weighted by atomic mass is 10.0. The number of H-pyrrole nitrogens is 1. The summed E-state index contributed by atoms with van der Waals surface area (Å²) < 4.78 is 0. The van der Waals surface area contributed by atoms with Gasteiger partial charge in [0.25, 0.3) is 0 Å². The molecule has 0 saturated carbocycles. The molecule has 2 aromatic heterocycles. The summed E-state index contributed by atoms with van der Waals surface area (Å²) in [6.07, 6.45) is 3.18. The van der Waals surface area contributed by atoms with Crippen molar-refractivity contribution in [1.82, 2.24) is 30.0 Å². The second-order valence-corrected chi connectivity index (χ2v) is 14.7. The molecule has 2 aliphatic rings. The van der Waals surface area contributed by atoms with Gasteiger partial charge in [-0.3, -0.25) is 10.00 Å². The van der Waals surface area contributed by atoms with E-state index in [1.165, 1.54) is 56.5 Å². The minimum Gasteiger partial charge on any atom is -0.356 e. The summed E-state index contributed by atoms with van der Waals surface area (Å²) in [5, 5.41) is 11.7. The minimum atomic E-state index is 0.661. The zero-order valence-electron chi connectivity index (χ0n) is 30.5. The molecular weight excluding hydrogens is 671 g/mol. The minimum absolute atomic E-state index is 0.661. The van der Waals surface area contributed by atoms with E-state index in [9.17, 15) is 0 Å². The Kier molecular flexibility index (Phi) is 15.2. The number of piperazine rings is 1. The third-order valence-electron chi connectivity index (χ3n) is 9.04. The Morgan fingerprint density at radius 3 is 2.00 bits per heavy atom. The Labute approximate surface area is 312 Å². The molecule has 3 aromatic carbocycles. The van der Waals surface area contributed by atoms with Crippen LogP contribution in [-0.4, -0.2) is 89.4 Å². The number of benzene rings is 3. The van der Waals surface area contributed by atoms with Crippen molar-refractivity contribution in [3.8, 4) is 0 Å². The SMILES string of the molecule is CCc1c(Nc2cc(C)[nH]n2)nc(Sc2ccc(SCc3ccccc3)cc2)nc1N1CCC(N2CCN(C)CC2)CC1.CN.c1ccccc1. The van der Waals surface area contributed by atoms with Gasteiger partial charge >= 0.3 is 0 Å². The molecule has 0 bridgehead atoms. The standard InChI is InChI=1S/C33H42N8S2.C6H6.CH5N/c1-4-29-31(34-30-22-24(2)37-38-30)35-33(43-28-12-10-27(11-13-28)42-23-25-8-6-5-7-9-25)36-32(29)41-16-14-26(15-17-41)40-20-18-39(3)19-21-40;1-2-4-6-5-3-1;1-2/h5-13,22,26H,4,14-21,23H2,1-3H3,(H2,34,35,36,37,38);1-6H;2H2,1H3. The third-order valence-corrected chi connectivity index (χ3v) is 11.0. The Bertz CT molecular complexity index is 1680. The molecule has 0 aliphatic carbocycles. The number of rotatable bonds is 10. The second-order valence-electron chi connectivity index (χ2n) is 12.6. The van der Waals surface area contributed by atoms with Crippen molar-refractivity contribution in [3.63, 3.8) is 0 Å². The van der Waals surface area contributed by atoms with Gasteiger partial charge in [0.15, 0.2) is 11.0 Å². The average Bonchev–Trinajstić information content (AvgIpc) is 3.61. The lowest BCUT2D eigenvalue weighted by molar-refractivity contribution is 0.0981. The maximum Gasteiger partial charge on any atom is 0.196 e. The predicted octanol–water partition coefficient (Wildman–Crippen LogP) is 7.74. The van der Waals surface area contributed by atoms with Crippen molar-refractivity contribution in [1.29, 1.82) is 0 Å². The fourth-order valence-corrected chi connectivity index (χ4v) is 7.86. The van der Waals surface area contributed by atoms with Gasteiger partial charge in [-0.05, 0) is 81.9 Å². The summed E-state index contributed by atoms with van der Waals surface area (Å²) in [5.74, 6) is 3.64. The average molecular weight is 724 g/mol. The summed E-state index contributed by atoms with van der Waals surface area (Å²) >= 11 is 3.48. The van der Waals surface area contributed by atoms with Crippen LogP contribution in [0.4, 0.5) is 17.5 Å². The first kappa shape index (κ1) is 38.4. The molecule has 2 fully saturated rings. The molecule has 9 nitrogen and oxygen atoms in total. The van der Waals surface area contributed by atoms with E-state index in [4.69, 9.17) is 9.97 Å². The predicted molar refractivity (Wildman–Crippen MR) is 215 cm³/mol. The van der Waals surface area contributed by atoms with E-state index in [1.54, 1.807) is 11.8 Å². The molecule has 11 heteroatoms. The van der Waals surface area contributed by atoms with Gasteiger partial charge in [0.2, 0.25) is 0 Å². The Morgan fingerprint density at radius 2 is 1.41 bits per heavy atom. The molecule has 0 atom stereocenters. The topological polar surface area (TPSA) is 102 Å². The number of anilines is 3. The number of aryl methyl sites for hydroxylation is 1. The molecule has 2 aliphatic heterocycles. The van der Waals surface area contributed by atoms with E-state index in [-0.39, 0.29) is 0 Å². The highest BCUT2D eigenvalue weighted by Crippen LogP contribution is 2.35. The van der Waals surface area contributed by atoms with E-state index in [0.29, 0.717) is 6.04 Å². The van der Waals surface area contributed by atoms with Crippen LogP contribution in [0.3, 0.4) is 0 Å². The molecule has 0 amide bonds. The van der Waals surface area contributed by atoms with E-state index < -0.39 is 0 Å². The van der Waals surface area contributed by atoms with Gasteiger partial charge in [0, 0.05) is 78.2 Å². The van der Waals surface area contributed by atoms with Crippen LogP contribution in [0.2, 0.25) is 0 Å². The highest BCUT2D eigenvalue weighted by molar-refractivity contribution is 7.99. The maximum atomic E-state index is 5.20. The molecule has 2 saturated heterocycles. The van der Waals surface area contributed by atoms with Gasteiger partial charge in [-0.1, -0.05) is 73.7 Å². The number of hydrogen-bond acceptors (Lipinski definition) is 10. The Morgan fingerprint density at radius 1 is 0.804 bits per heavy atom. The fraction of sp³-hybridized carbons (Fsp3) is 0.375. The number of aromatic amines is 1. The number of hydrogen-bond donors (Lipinski definition) is 3. The first-order valence-electron chi connectivity index (χ1n) is 17.9. The van der Waals surface area contributed by atoms with Crippen LogP contribution in [0.1, 0.15) is 36.6 Å². The Hall–Kier alpha value is -3.87. The van der Waals surface area contributed by atoms with Crippen LogP contribution in [0.25, 0.3) is 0 Å². The second kappa shape index (κ2) is 20.2. The summed E-state index contributed by atoms with van der Waals surface area (Å²) in [6.45, 7) is 10.9. The van der Waals surface area contributed by atoms with E-state index >= 15 is 0 Å². The van der Waals surface area contributed by atoms with Crippen molar-refractivity contribution >= 4 is 41.0 Å². The first-order chi connectivity index (χ1) is 25.0. The number of nitrogens with two attached hydrogens (primary N) is 1. The largest absolute Gasteiger partial charge is 0.356 e. The summed E-state index contributed by atoms with van der Waals surface area (Å²) in [4.78, 5) is 20.3. The number of nitrogens with zero attached hydrogens (tertiary/aromatic N) is 6. The van der Waals surface area contributed by atoms with Gasteiger partial charge in [-0.2, -0.15) is 5.10 Å². The number of piperidine rings is 1. The van der Waals surface area contributed by atoms with Gasteiger partial charge < -0.3 is 20.9 Å². The highest BCUT2D eigenvalue weighted by Gasteiger charge is 2.29. The van der Waals surface area contributed by atoms with Crippen LogP contribution in [0.15, 0.2) is 112 Å². The quantitative estimate of drug-likeness (QED) is 0.0980. The van der Waals surface area contributed by atoms with Crippen molar-refractivity contribution in [2.75, 3.05) is 63.6 Å². The first-order valence-corrected chi connectivity index (χ1v) is 19.7. The number of thioether (sulfide) groups is 1. The molecule has 4 heterocycles. The number of nitrogens with one attached hydrogen (secondary N) is 2. The van der Waals surface area contributed by atoms with Crippen LogP contribution in [0, 0.1) is 6.92 Å². The molecule has 0 spiro atoms. The monoisotopic (exact) mass is 723 g/mol. The van der Waals surface area contributed by atoms with Crippen LogP contribution in [0.5, 0.6) is 0 Å². The summed E-state index contributed by atoms with van der Waals surface area (Å²) in [6, 6.07) is 34.1. The molecule has 51 heavy (non-hydrogen) atoms. The van der Waals surface area contributed by atoms with E-state index in [2.05, 4.69) is 105 Å². The van der Waals surface area contributed by atoms with Gasteiger partial charge in [-0.25, -0.2) is 9.97 Å². The number of likely N-dealkylation sites (N-methyl/N-ethyl adjacent to an activating group) is 1. The summed E-state index contributed by atoms with van der Waals surface area (Å²) in [5.41, 5.74) is 8.00. The molecule has 4 N–H and O–H groups in total. The van der Waals surface area contributed by atoms with Gasteiger partial charge in [-0.15, -0.1) is 11.8 Å². The van der Waals surface area contributed by atoms with Crippen molar-refractivity contribution in [3.05, 3.63) is 114 Å². The molecule has 0 unspecified atom stereocenters. The number of aromatic nitrogens is 4. The Balaban J connectivity index is 0.000000564. The lowest BCUT2D eigenvalue weighted by Crippen LogP contribution is -2.52. The maximum absolute atomic E-state index is 5.20. The fourth-order valence-electron chi connectivity index (χ4n) is 6.26. The summed E-state index contributed by atoms with van der Waals surface area (Å²) in [7, 11) is 3.73. The van der Waals surface area contributed by atoms with Crippen molar-refractivity contribution in [2.24, 2.45) is 5.73 Å².